The van der Waals surface area contributed by atoms with E-state index in [9.17, 15) is 9.18 Å². The molecule has 196 valence electrons. The van der Waals surface area contributed by atoms with Crippen LogP contribution in [-0.2, 0) is 0 Å². The van der Waals surface area contributed by atoms with Crippen molar-refractivity contribution in [2.24, 2.45) is 11.6 Å². The Balaban J connectivity index is 1.60. The molecule has 8 nitrogen and oxygen atoms in total. The largest absolute Gasteiger partial charge is 0.457 e. The van der Waals surface area contributed by atoms with E-state index in [1.54, 1.807) is 48.3 Å². The van der Waals surface area contributed by atoms with Gasteiger partial charge in [0.2, 0.25) is 0 Å². The Morgan fingerprint density at radius 2 is 1.82 bits per heavy atom. The van der Waals surface area contributed by atoms with E-state index in [1.807, 2.05) is 37.4 Å². The van der Waals surface area contributed by atoms with Crippen LogP contribution in [0.15, 0.2) is 77.0 Å². The van der Waals surface area contributed by atoms with Gasteiger partial charge < -0.3 is 29.5 Å². The van der Waals surface area contributed by atoms with Crippen LogP contribution in [0.2, 0.25) is 0 Å². The van der Waals surface area contributed by atoms with Crippen molar-refractivity contribution in [2.75, 3.05) is 24.2 Å². The van der Waals surface area contributed by atoms with Gasteiger partial charge in [0.05, 0.1) is 29.5 Å². The number of nitrogens with one attached hydrogen (secondary N) is 1. The molecule has 0 bridgehead atoms. The molecule has 3 aromatic carbocycles. The first-order valence-corrected chi connectivity index (χ1v) is 13.2. The van der Waals surface area contributed by atoms with E-state index in [0.29, 0.717) is 45.9 Å². The van der Waals surface area contributed by atoms with Gasteiger partial charge >= 0.3 is 0 Å². The monoisotopic (exact) mass is 533 g/mol. The third-order valence-corrected chi connectivity index (χ3v) is 7.41. The fraction of sp³-hybridized carbons (Fsp3) is 0.179. The SMILES string of the molecule is CNC(=O)c1c(-c2ccc(Oc3ccc(F)cc3)cc2)oc2cc3c(cc12)C(C)N(N)/C(=C\N)CN3SC. The Bertz CT molecular complexity index is 1520. The average Bonchev–Trinajstić information content (AvgIpc) is 3.27. The minimum absolute atomic E-state index is 0.194. The lowest BCUT2D eigenvalue weighted by atomic mass is 9.99. The summed E-state index contributed by atoms with van der Waals surface area (Å²) in [5.74, 6) is 7.36. The Morgan fingerprint density at radius 1 is 1.16 bits per heavy atom. The molecule has 0 saturated carbocycles. The first-order valence-electron chi connectivity index (χ1n) is 12.0. The van der Waals surface area contributed by atoms with Crippen LogP contribution in [-0.4, -0.2) is 30.8 Å². The number of nitrogens with two attached hydrogens (primary N) is 2. The molecule has 4 aromatic rings. The van der Waals surface area contributed by atoms with Crippen LogP contribution in [0.1, 0.15) is 28.9 Å². The van der Waals surface area contributed by atoms with E-state index in [4.69, 9.17) is 20.7 Å². The smallest absolute Gasteiger partial charge is 0.255 e. The molecular formula is C28H28FN5O3S. The van der Waals surface area contributed by atoms with Crippen molar-refractivity contribution < 1.29 is 18.3 Å². The van der Waals surface area contributed by atoms with Gasteiger partial charge in [-0.15, -0.1) is 0 Å². The second-order valence-corrected chi connectivity index (χ2v) is 9.64. The standard InChI is InChI=1S/C28H28FN5O3S/c1-16-22-12-23-25(13-24(22)33(38-3)15-19(14-30)34(16)31)37-27(26(23)28(35)32-2)17-4-8-20(9-5-17)36-21-10-6-18(29)7-11-21/h4-14,16H,15,30-31H2,1-3H3,(H,32,35)/b19-14-. The molecule has 0 fully saturated rings. The Kier molecular flexibility index (Phi) is 6.92. The van der Waals surface area contributed by atoms with Gasteiger partial charge in [0.25, 0.3) is 5.91 Å². The Hall–Kier alpha value is -4.15. The average molecular weight is 534 g/mol. The van der Waals surface area contributed by atoms with E-state index < -0.39 is 0 Å². The van der Waals surface area contributed by atoms with Crippen molar-refractivity contribution in [1.29, 1.82) is 0 Å². The highest BCUT2D eigenvalue weighted by Gasteiger charge is 2.30. The van der Waals surface area contributed by atoms with Crippen LogP contribution >= 0.6 is 11.9 Å². The Labute approximate surface area is 224 Å². The van der Waals surface area contributed by atoms with Gasteiger partial charge in [0.1, 0.15) is 28.7 Å². The normalized spacial score (nSPS) is 16.4. The summed E-state index contributed by atoms with van der Waals surface area (Å²) >= 11 is 1.55. The lowest BCUT2D eigenvalue weighted by molar-refractivity contribution is 0.0964. The van der Waals surface area contributed by atoms with Crippen molar-refractivity contribution in [3.8, 4) is 22.8 Å². The number of anilines is 1. The molecule has 1 aromatic heterocycles. The minimum Gasteiger partial charge on any atom is -0.457 e. The van der Waals surface area contributed by atoms with Crippen LogP contribution in [0.25, 0.3) is 22.3 Å². The number of amides is 1. The van der Waals surface area contributed by atoms with Crippen molar-refractivity contribution in [3.05, 3.63) is 89.5 Å². The number of hydrogen-bond acceptors (Lipinski definition) is 8. The van der Waals surface area contributed by atoms with Crippen molar-refractivity contribution >= 4 is 34.5 Å². The summed E-state index contributed by atoms with van der Waals surface area (Å²) in [6.07, 6.45) is 3.51. The quantitative estimate of drug-likeness (QED) is 0.227. The van der Waals surface area contributed by atoms with Crippen molar-refractivity contribution in [2.45, 2.75) is 13.0 Å². The predicted molar refractivity (Wildman–Crippen MR) is 149 cm³/mol. The van der Waals surface area contributed by atoms with E-state index in [0.717, 1.165) is 16.9 Å². The number of rotatable bonds is 5. The van der Waals surface area contributed by atoms with Crippen LogP contribution in [0, 0.1) is 5.82 Å². The molecule has 5 N–H and O–H groups in total. The van der Waals surface area contributed by atoms with Crippen LogP contribution in [0.4, 0.5) is 10.1 Å². The molecule has 0 radical (unpaired) electrons. The molecule has 2 heterocycles. The number of hydrazine groups is 1. The van der Waals surface area contributed by atoms with Crippen LogP contribution in [0.5, 0.6) is 11.5 Å². The summed E-state index contributed by atoms with van der Waals surface area (Å²) in [7, 11) is 1.59. The van der Waals surface area contributed by atoms with E-state index in [2.05, 4.69) is 9.62 Å². The third-order valence-electron chi connectivity index (χ3n) is 6.64. The molecule has 1 atom stereocenters. The molecule has 0 saturated heterocycles. The summed E-state index contributed by atoms with van der Waals surface area (Å²) in [5, 5.41) is 5.08. The molecule has 1 unspecified atom stereocenters. The lowest BCUT2D eigenvalue weighted by Gasteiger charge is -2.26. The molecule has 5 rings (SSSR count). The van der Waals surface area contributed by atoms with Gasteiger partial charge in [-0.1, -0.05) is 11.9 Å². The van der Waals surface area contributed by atoms with E-state index in [-0.39, 0.29) is 17.8 Å². The zero-order valence-electron chi connectivity index (χ0n) is 21.2. The molecule has 0 spiro atoms. The van der Waals surface area contributed by atoms with Gasteiger partial charge in [0, 0.05) is 42.1 Å². The molecule has 1 aliphatic heterocycles. The maximum absolute atomic E-state index is 13.2. The maximum atomic E-state index is 13.2. The fourth-order valence-corrected chi connectivity index (χ4v) is 5.20. The zero-order valence-corrected chi connectivity index (χ0v) is 22.0. The zero-order chi connectivity index (χ0) is 27.0. The second kappa shape index (κ2) is 10.3. The number of benzene rings is 3. The number of furan rings is 1. The topological polar surface area (TPSA) is 110 Å². The fourth-order valence-electron chi connectivity index (χ4n) is 4.58. The van der Waals surface area contributed by atoms with E-state index in [1.165, 1.54) is 18.3 Å². The number of carbonyl (C=O) groups excluding carboxylic acids is 1. The van der Waals surface area contributed by atoms with Crippen molar-refractivity contribution in [3.63, 3.8) is 0 Å². The van der Waals surface area contributed by atoms with Gasteiger partial charge in [0.15, 0.2) is 0 Å². The Morgan fingerprint density at radius 3 is 2.42 bits per heavy atom. The minimum atomic E-state index is -0.331. The van der Waals surface area contributed by atoms with Crippen LogP contribution < -0.4 is 25.9 Å². The van der Waals surface area contributed by atoms with Crippen molar-refractivity contribution in [1.82, 2.24) is 10.3 Å². The van der Waals surface area contributed by atoms with Crippen LogP contribution in [0.3, 0.4) is 0 Å². The summed E-state index contributed by atoms with van der Waals surface area (Å²) < 4.78 is 27.4. The summed E-state index contributed by atoms with van der Waals surface area (Å²) in [5.41, 5.74) is 10.3. The van der Waals surface area contributed by atoms with E-state index >= 15 is 0 Å². The molecule has 0 aliphatic carbocycles. The molecule has 1 aliphatic rings. The molecule has 10 heteroatoms. The lowest BCUT2D eigenvalue weighted by Crippen LogP contribution is -2.35. The first kappa shape index (κ1) is 25.5. The maximum Gasteiger partial charge on any atom is 0.255 e. The number of nitrogens with zero attached hydrogens (tertiary/aromatic N) is 2. The molecular weight excluding hydrogens is 505 g/mol. The summed E-state index contributed by atoms with van der Waals surface area (Å²) in [4.78, 5) is 13.1. The predicted octanol–water partition coefficient (Wildman–Crippen LogP) is 5.53. The summed E-state index contributed by atoms with van der Waals surface area (Å²) in [6.45, 7) is 2.51. The third kappa shape index (κ3) is 4.52. The second-order valence-electron chi connectivity index (χ2n) is 8.83. The number of fused-ring (bicyclic) bond motifs is 2. The molecule has 38 heavy (non-hydrogen) atoms. The highest BCUT2D eigenvalue weighted by molar-refractivity contribution is 8.00. The number of hydrogen-bond donors (Lipinski definition) is 3. The number of carbonyl (C=O) groups is 1. The highest BCUT2D eigenvalue weighted by atomic mass is 32.2. The van der Waals surface area contributed by atoms with Gasteiger partial charge in [-0.25, -0.2) is 10.2 Å². The molecule has 1 amide bonds. The van der Waals surface area contributed by atoms with Gasteiger partial charge in [-0.3, -0.25) is 4.79 Å². The number of ether oxygens (including phenoxy) is 1. The van der Waals surface area contributed by atoms with Gasteiger partial charge in [-0.05, 0) is 61.5 Å². The summed E-state index contributed by atoms with van der Waals surface area (Å²) in [6, 6.07) is 16.7. The highest BCUT2D eigenvalue weighted by Crippen LogP contribution is 2.43. The number of halogens is 1. The van der Waals surface area contributed by atoms with Gasteiger partial charge in [-0.2, -0.15) is 0 Å². The first-order chi connectivity index (χ1) is 18.3.